The number of aliphatic hydroxyl groups is 2. The minimum Gasteiger partial charge on any atom is -0.394 e. The number of ether oxygens (including phenoxy) is 4. The fourth-order valence-electron chi connectivity index (χ4n) is 3.24. The topological polar surface area (TPSA) is 77.4 Å². The van der Waals surface area contributed by atoms with Gasteiger partial charge in [-0.2, -0.15) is 0 Å². The highest BCUT2D eigenvalue weighted by molar-refractivity contribution is 5.14. The molecule has 2 aromatic rings. The highest BCUT2D eigenvalue weighted by atomic mass is 16.6. The standard InChI is InChI=1S/C26H34O6/c1-3-15-29-25(23(17-27)31-19-21-11-7-5-8-12-21)26(30-16-4-2)24(18-28)32-20-22-13-9-6-10-14-22/h3-14,23-28H,1-2,15-20H2/t23-,24-,25+,26+/m1/s1. The molecule has 0 aliphatic carbocycles. The van der Waals surface area contributed by atoms with Gasteiger partial charge in [0.05, 0.1) is 39.6 Å². The first kappa shape index (κ1) is 25.9. The van der Waals surface area contributed by atoms with Crippen LogP contribution in [0.4, 0.5) is 0 Å². The highest BCUT2D eigenvalue weighted by Crippen LogP contribution is 2.20. The molecule has 0 spiro atoms. The second-order valence-corrected chi connectivity index (χ2v) is 7.21. The van der Waals surface area contributed by atoms with Crippen molar-refractivity contribution in [2.75, 3.05) is 26.4 Å². The number of hydrogen-bond acceptors (Lipinski definition) is 6. The van der Waals surface area contributed by atoms with Gasteiger partial charge < -0.3 is 29.2 Å². The summed E-state index contributed by atoms with van der Waals surface area (Å²) in [7, 11) is 0. The van der Waals surface area contributed by atoms with E-state index < -0.39 is 24.4 Å². The Bertz CT molecular complexity index is 686. The molecule has 174 valence electrons. The first-order valence-electron chi connectivity index (χ1n) is 10.7. The summed E-state index contributed by atoms with van der Waals surface area (Å²) in [6.07, 6.45) is 0.382. The molecule has 0 saturated carbocycles. The Morgan fingerprint density at radius 2 is 1.00 bits per heavy atom. The first-order valence-corrected chi connectivity index (χ1v) is 10.7. The molecule has 0 heterocycles. The van der Waals surface area contributed by atoms with Crippen LogP contribution in [-0.4, -0.2) is 61.1 Å². The lowest BCUT2D eigenvalue weighted by Crippen LogP contribution is -2.52. The normalized spacial score (nSPS) is 14.9. The molecule has 4 atom stereocenters. The van der Waals surface area contributed by atoms with Crippen LogP contribution in [0.15, 0.2) is 86.0 Å². The van der Waals surface area contributed by atoms with Crippen molar-refractivity contribution in [3.63, 3.8) is 0 Å². The minimum absolute atomic E-state index is 0.223. The average molecular weight is 443 g/mol. The van der Waals surface area contributed by atoms with Crippen molar-refractivity contribution in [1.82, 2.24) is 0 Å². The SMILES string of the molecule is C=CCO[C@H]([C@@H](OCC=C)[C@@H](CO)OCc1ccccc1)[C@@H](CO)OCc1ccccc1. The van der Waals surface area contributed by atoms with E-state index in [0.29, 0.717) is 13.2 Å². The summed E-state index contributed by atoms with van der Waals surface area (Å²) in [5.41, 5.74) is 1.94. The predicted octanol–water partition coefficient (Wildman–Crippen LogP) is 3.28. The molecule has 0 aromatic heterocycles. The summed E-state index contributed by atoms with van der Waals surface area (Å²) in [5, 5.41) is 20.2. The molecular weight excluding hydrogens is 408 g/mol. The quantitative estimate of drug-likeness (QED) is 0.366. The number of benzene rings is 2. The van der Waals surface area contributed by atoms with Gasteiger partial charge in [-0.15, -0.1) is 13.2 Å². The van der Waals surface area contributed by atoms with Crippen LogP contribution in [0.2, 0.25) is 0 Å². The molecule has 32 heavy (non-hydrogen) atoms. The molecule has 0 unspecified atom stereocenters. The molecule has 0 saturated heterocycles. The van der Waals surface area contributed by atoms with Gasteiger partial charge in [0.1, 0.15) is 24.4 Å². The van der Waals surface area contributed by atoms with Crippen molar-refractivity contribution in [2.24, 2.45) is 0 Å². The van der Waals surface area contributed by atoms with Crippen molar-refractivity contribution in [3.05, 3.63) is 97.1 Å². The summed E-state index contributed by atoms with van der Waals surface area (Å²) in [5.74, 6) is 0. The number of aliphatic hydroxyl groups excluding tert-OH is 2. The van der Waals surface area contributed by atoms with E-state index in [-0.39, 0.29) is 26.4 Å². The summed E-state index contributed by atoms with van der Waals surface area (Å²) < 4.78 is 24.0. The zero-order chi connectivity index (χ0) is 23.0. The van der Waals surface area contributed by atoms with Crippen molar-refractivity contribution in [1.29, 1.82) is 0 Å². The second kappa shape index (κ2) is 15.5. The van der Waals surface area contributed by atoms with E-state index in [0.717, 1.165) is 11.1 Å². The maximum absolute atomic E-state index is 10.1. The summed E-state index contributed by atoms with van der Waals surface area (Å²) >= 11 is 0. The Hall–Kier alpha value is -2.32. The number of rotatable bonds is 17. The molecule has 0 radical (unpaired) electrons. The molecule has 0 fully saturated rings. The van der Waals surface area contributed by atoms with Crippen LogP contribution >= 0.6 is 0 Å². The summed E-state index contributed by atoms with van der Waals surface area (Å²) in [6, 6.07) is 19.3. The predicted molar refractivity (Wildman–Crippen MR) is 124 cm³/mol. The van der Waals surface area contributed by atoms with Gasteiger partial charge in [-0.25, -0.2) is 0 Å². The molecule has 2 rings (SSSR count). The van der Waals surface area contributed by atoms with Crippen molar-refractivity contribution >= 4 is 0 Å². The number of hydrogen-bond donors (Lipinski definition) is 2. The average Bonchev–Trinajstić information content (AvgIpc) is 2.85. The van der Waals surface area contributed by atoms with Crippen molar-refractivity contribution in [2.45, 2.75) is 37.6 Å². The molecule has 0 bridgehead atoms. The Labute approximate surface area is 190 Å². The third kappa shape index (κ3) is 8.67. The van der Waals surface area contributed by atoms with Gasteiger partial charge in [0.25, 0.3) is 0 Å². The summed E-state index contributed by atoms with van der Waals surface area (Å²) in [6.45, 7) is 7.87. The van der Waals surface area contributed by atoms with Crippen LogP contribution < -0.4 is 0 Å². The van der Waals surface area contributed by atoms with Gasteiger partial charge >= 0.3 is 0 Å². The Morgan fingerprint density at radius 3 is 1.31 bits per heavy atom. The van der Waals surface area contributed by atoms with Crippen molar-refractivity contribution in [3.8, 4) is 0 Å². The van der Waals surface area contributed by atoms with E-state index in [2.05, 4.69) is 13.2 Å². The molecule has 0 aliphatic heterocycles. The first-order chi connectivity index (χ1) is 15.7. The van der Waals surface area contributed by atoms with Gasteiger partial charge in [-0.05, 0) is 11.1 Å². The third-order valence-electron chi connectivity index (χ3n) is 4.84. The fourth-order valence-corrected chi connectivity index (χ4v) is 3.24. The van der Waals surface area contributed by atoms with E-state index in [1.54, 1.807) is 12.2 Å². The van der Waals surface area contributed by atoms with Crippen LogP contribution in [0, 0.1) is 0 Å². The fraction of sp³-hybridized carbons (Fsp3) is 0.385. The van der Waals surface area contributed by atoms with Crippen LogP contribution in [0.1, 0.15) is 11.1 Å². The largest absolute Gasteiger partial charge is 0.394 e. The molecule has 2 aromatic carbocycles. The lowest BCUT2D eigenvalue weighted by molar-refractivity contribution is -0.188. The molecular formula is C26H34O6. The summed E-state index contributed by atoms with van der Waals surface area (Å²) in [4.78, 5) is 0. The Balaban J connectivity index is 2.18. The molecule has 0 aliphatic rings. The van der Waals surface area contributed by atoms with Crippen LogP contribution in [0.5, 0.6) is 0 Å². The zero-order valence-electron chi connectivity index (χ0n) is 18.4. The Morgan fingerprint density at radius 1 is 0.625 bits per heavy atom. The van der Waals surface area contributed by atoms with E-state index in [9.17, 15) is 10.2 Å². The third-order valence-corrected chi connectivity index (χ3v) is 4.84. The smallest absolute Gasteiger partial charge is 0.115 e. The van der Waals surface area contributed by atoms with E-state index in [1.807, 2.05) is 60.7 Å². The molecule has 0 amide bonds. The molecule has 6 heteroatoms. The van der Waals surface area contributed by atoms with Crippen molar-refractivity contribution < 1.29 is 29.2 Å². The minimum atomic E-state index is -0.713. The zero-order valence-corrected chi connectivity index (χ0v) is 18.4. The van der Waals surface area contributed by atoms with E-state index >= 15 is 0 Å². The molecule has 6 nitrogen and oxygen atoms in total. The maximum Gasteiger partial charge on any atom is 0.115 e. The van der Waals surface area contributed by atoms with Gasteiger partial charge in [-0.1, -0.05) is 72.8 Å². The second-order valence-electron chi connectivity index (χ2n) is 7.21. The van der Waals surface area contributed by atoms with Crippen LogP contribution in [0.3, 0.4) is 0 Å². The molecule has 2 N–H and O–H groups in total. The van der Waals surface area contributed by atoms with Gasteiger partial charge in [0.15, 0.2) is 0 Å². The van der Waals surface area contributed by atoms with Gasteiger partial charge in [0, 0.05) is 0 Å². The lowest BCUT2D eigenvalue weighted by atomic mass is 10.0. The van der Waals surface area contributed by atoms with Gasteiger partial charge in [-0.3, -0.25) is 0 Å². The van der Waals surface area contributed by atoms with Gasteiger partial charge in [0.2, 0.25) is 0 Å². The van der Waals surface area contributed by atoms with Crippen LogP contribution in [-0.2, 0) is 32.2 Å². The van der Waals surface area contributed by atoms with Crippen LogP contribution in [0.25, 0.3) is 0 Å². The van der Waals surface area contributed by atoms with E-state index in [1.165, 1.54) is 0 Å². The lowest BCUT2D eigenvalue weighted by Gasteiger charge is -2.36. The highest BCUT2D eigenvalue weighted by Gasteiger charge is 2.37. The monoisotopic (exact) mass is 442 g/mol. The van der Waals surface area contributed by atoms with E-state index in [4.69, 9.17) is 18.9 Å². The maximum atomic E-state index is 10.1. The Kier molecular flexibility index (Phi) is 12.5.